The molecule has 43 valence electrons. The van der Waals surface area contributed by atoms with E-state index in [1.54, 1.807) is 0 Å². The smallest absolute Gasteiger partial charge is 0.0460 e. The van der Waals surface area contributed by atoms with Crippen molar-refractivity contribution in [1.82, 2.24) is 4.90 Å². The highest BCUT2D eigenvalue weighted by molar-refractivity contribution is 5.09. The van der Waals surface area contributed by atoms with Crippen LogP contribution in [0.5, 0.6) is 0 Å². The van der Waals surface area contributed by atoms with E-state index in [9.17, 15) is 0 Å². The Labute approximate surface area is 50.3 Å². The molecule has 0 aliphatic carbocycles. The Morgan fingerprint density at radius 2 is 2.38 bits per heavy atom. The van der Waals surface area contributed by atoms with Crippen molar-refractivity contribution in [2.45, 2.75) is 6.92 Å². The number of hydrogen-bond acceptors (Lipinski definition) is 1. The highest BCUT2D eigenvalue weighted by Gasteiger charge is 1.92. The summed E-state index contributed by atoms with van der Waals surface area (Å²) in [5.74, 6) is 0. The minimum absolute atomic E-state index is 1.02. The number of hydrogen-bond donors (Lipinski definition) is 0. The Balaban J connectivity index is 2.40. The highest BCUT2D eigenvalue weighted by Crippen LogP contribution is 1.98. The molecule has 0 fully saturated rings. The Morgan fingerprint density at radius 3 is 2.75 bits per heavy atom. The third kappa shape index (κ3) is 1.12. The van der Waals surface area contributed by atoms with Gasteiger partial charge in [-0.3, -0.25) is 0 Å². The van der Waals surface area contributed by atoms with Crippen LogP contribution in [0, 0.1) is 6.54 Å². The second-order valence-corrected chi connectivity index (χ2v) is 1.72. The van der Waals surface area contributed by atoms with Crippen LogP contribution in [0.1, 0.15) is 6.92 Å². The minimum atomic E-state index is 1.02. The van der Waals surface area contributed by atoms with Crippen molar-refractivity contribution in [3.63, 3.8) is 0 Å². The van der Waals surface area contributed by atoms with Crippen LogP contribution in [-0.2, 0) is 0 Å². The summed E-state index contributed by atoms with van der Waals surface area (Å²) in [6.07, 6.45) is 8.27. The topological polar surface area (TPSA) is 3.24 Å². The quantitative estimate of drug-likeness (QED) is 0.492. The van der Waals surface area contributed by atoms with Gasteiger partial charge in [-0.1, -0.05) is 12.2 Å². The number of nitrogens with zero attached hydrogens (tertiary/aromatic N) is 1. The van der Waals surface area contributed by atoms with E-state index >= 15 is 0 Å². The Kier molecular flexibility index (Phi) is 1.73. The molecule has 0 spiro atoms. The maximum Gasteiger partial charge on any atom is 0.0460 e. The number of rotatable bonds is 1. The summed E-state index contributed by atoms with van der Waals surface area (Å²) in [7, 11) is 0. The van der Waals surface area contributed by atoms with Crippen molar-refractivity contribution in [2.24, 2.45) is 0 Å². The van der Waals surface area contributed by atoms with Gasteiger partial charge in [-0.25, -0.2) is 0 Å². The molecule has 0 aromatic carbocycles. The molecule has 1 heterocycles. The lowest BCUT2D eigenvalue weighted by atomic mass is 10.3. The van der Waals surface area contributed by atoms with Gasteiger partial charge in [-0.15, -0.1) is 0 Å². The van der Waals surface area contributed by atoms with Crippen LogP contribution in [-0.4, -0.2) is 11.4 Å². The Morgan fingerprint density at radius 1 is 1.50 bits per heavy atom. The van der Waals surface area contributed by atoms with Crippen LogP contribution < -0.4 is 0 Å². The van der Waals surface area contributed by atoms with Gasteiger partial charge in [0.25, 0.3) is 0 Å². The van der Waals surface area contributed by atoms with E-state index < -0.39 is 0 Å². The molecule has 8 heavy (non-hydrogen) atoms. The van der Waals surface area contributed by atoms with E-state index in [0.717, 1.165) is 6.54 Å². The van der Waals surface area contributed by atoms with Gasteiger partial charge in [0.1, 0.15) is 0 Å². The highest BCUT2D eigenvalue weighted by atomic mass is 15.1. The third-order valence-corrected chi connectivity index (χ3v) is 1.17. The van der Waals surface area contributed by atoms with Crippen LogP contribution in [0.25, 0.3) is 0 Å². The third-order valence-electron chi connectivity index (χ3n) is 1.17. The summed E-state index contributed by atoms with van der Waals surface area (Å²) in [6, 6.07) is 0. The SMILES string of the molecule is C[CH]N1C=CC=CC1. The molecular formula is C7H10N. The van der Waals surface area contributed by atoms with Gasteiger partial charge >= 0.3 is 0 Å². The molecule has 0 unspecified atom stereocenters. The molecular weight excluding hydrogens is 98.1 g/mol. The van der Waals surface area contributed by atoms with Gasteiger partial charge in [0.15, 0.2) is 0 Å². The molecule has 0 N–H and O–H groups in total. The average Bonchev–Trinajstić information content (AvgIpc) is 1.90. The van der Waals surface area contributed by atoms with Gasteiger partial charge in [0, 0.05) is 13.1 Å². The molecule has 1 radical (unpaired) electrons. The first kappa shape index (κ1) is 5.42. The summed E-state index contributed by atoms with van der Waals surface area (Å²) in [6.45, 7) is 5.11. The van der Waals surface area contributed by atoms with Crippen LogP contribution in [0.2, 0.25) is 0 Å². The van der Waals surface area contributed by atoms with Gasteiger partial charge in [0.2, 0.25) is 0 Å². The molecule has 1 heteroatoms. The zero-order valence-corrected chi connectivity index (χ0v) is 5.04. The standard InChI is InChI=1S/C7H10N/c1-2-8-6-4-3-5-7-8/h2-6H,7H2,1H3. The van der Waals surface area contributed by atoms with Gasteiger partial charge < -0.3 is 4.90 Å². The predicted octanol–water partition coefficient (Wildman–Crippen LogP) is 1.55. The fourth-order valence-corrected chi connectivity index (χ4v) is 0.674. The molecule has 0 saturated carbocycles. The zero-order chi connectivity index (χ0) is 5.82. The molecule has 1 aliphatic rings. The van der Waals surface area contributed by atoms with E-state index in [4.69, 9.17) is 0 Å². The molecule has 0 aromatic heterocycles. The van der Waals surface area contributed by atoms with Gasteiger partial charge in [-0.05, 0) is 19.2 Å². The van der Waals surface area contributed by atoms with Crippen molar-refractivity contribution < 1.29 is 0 Å². The normalized spacial score (nSPS) is 17.4. The van der Waals surface area contributed by atoms with Crippen molar-refractivity contribution >= 4 is 0 Å². The monoisotopic (exact) mass is 108 g/mol. The van der Waals surface area contributed by atoms with Crippen LogP contribution in [0.4, 0.5) is 0 Å². The summed E-state index contributed by atoms with van der Waals surface area (Å²) >= 11 is 0. The van der Waals surface area contributed by atoms with E-state index in [2.05, 4.69) is 29.8 Å². The van der Waals surface area contributed by atoms with E-state index in [1.165, 1.54) is 0 Å². The molecule has 0 saturated heterocycles. The Hall–Kier alpha value is -0.720. The van der Waals surface area contributed by atoms with Gasteiger partial charge in [-0.2, -0.15) is 0 Å². The molecule has 0 aromatic rings. The molecule has 1 nitrogen and oxygen atoms in total. The van der Waals surface area contributed by atoms with Crippen molar-refractivity contribution in [2.75, 3.05) is 6.54 Å². The lowest BCUT2D eigenvalue weighted by Gasteiger charge is -2.16. The van der Waals surface area contributed by atoms with Crippen LogP contribution in [0.3, 0.4) is 0 Å². The lowest BCUT2D eigenvalue weighted by Crippen LogP contribution is -2.13. The van der Waals surface area contributed by atoms with E-state index in [1.807, 2.05) is 13.0 Å². The largest absolute Gasteiger partial charge is 0.369 e. The van der Waals surface area contributed by atoms with Crippen molar-refractivity contribution in [3.05, 3.63) is 31.0 Å². The first-order valence-electron chi connectivity index (χ1n) is 2.82. The lowest BCUT2D eigenvalue weighted by molar-refractivity contribution is 0.504. The molecule has 1 aliphatic heterocycles. The Bertz CT molecular complexity index is 114. The maximum atomic E-state index is 2.12. The van der Waals surface area contributed by atoms with Crippen LogP contribution in [0.15, 0.2) is 24.4 Å². The fraction of sp³-hybridized carbons (Fsp3) is 0.286. The number of allylic oxidation sites excluding steroid dienone is 2. The molecule has 0 atom stereocenters. The molecule has 1 rings (SSSR count). The first-order chi connectivity index (χ1) is 3.93. The van der Waals surface area contributed by atoms with E-state index in [0.29, 0.717) is 0 Å². The fourth-order valence-electron chi connectivity index (χ4n) is 0.674. The summed E-state index contributed by atoms with van der Waals surface area (Å²) in [5.41, 5.74) is 0. The molecule has 0 amide bonds. The summed E-state index contributed by atoms with van der Waals surface area (Å²) in [4.78, 5) is 2.12. The van der Waals surface area contributed by atoms with Crippen molar-refractivity contribution in [1.29, 1.82) is 0 Å². The maximum absolute atomic E-state index is 2.12. The summed E-state index contributed by atoms with van der Waals surface area (Å²) < 4.78 is 0. The average molecular weight is 108 g/mol. The first-order valence-corrected chi connectivity index (χ1v) is 2.82. The molecule has 0 bridgehead atoms. The van der Waals surface area contributed by atoms with Gasteiger partial charge in [0.05, 0.1) is 0 Å². The van der Waals surface area contributed by atoms with E-state index in [-0.39, 0.29) is 0 Å². The minimum Gasteiger partial charge on any atom is -0.369 e. The van der Waals surface area contributed by atoms with Crippen LogP contribution >= 0.6 is 0 Å². The zero-order valence-electron chi connectivity index (χ0n) is 5.04. The van der Waals surface area contributed by atoms with Crippen molar-refractivity contribution in [3.8, 4) is 0 Å². The predicted molar refractivity (Wildman–Crippen MR) is 35.0 cm³/mol. The second kappa shape index (κ2) is 2.55. The summed E-state index contributed by atoms with van der Waals surface area (Å²) in [5, 5.41) is 0. The second-order valence-electron chi connectivity index (χ2n) is 1.72.